The normalized spacial score (nSPS) is 21.2. The fourth-order valence-corrected chi connectivity index (χ4v) is 5.67. The van der Waals surface area contributed by atoms with Crippen molar-refractivity contribution in [3.63, 3.8) is 0 Å². The molecule has 1 N–H and O–H groups in total. The van der Waals surface area contributed by atoms with Crippen LogP contribution in [0.15, 0.2) is 22.3 Å². The molecule has 2 aliphatic rings. The molecule has 15 heteroatoms. The predicted molar refractivity (Wildman–Crippen MR) is 126 cm³/mol. The van der Waals surface area contributed by atoms with Gasteiger partial charge in [0.05, 0.1) is 6.54 Å². The Kier molecular flexibility index (Phi) is 6.49. The molecule has 1 aliphatic carbocycles. The first kappa shape index (κ1) is 26.5. The van der Waals surface area contributed by atoms with Crippen molar-refractivity contribution in [1.82, 2.24) is 24.4 Å². The molecule has 0 radical (unpaired) electrons. The molecule has 1 aliphatic heterocycles. The molecule has 4 heterocycles. The summed E-state index contributed by atoms with van der Waals surface area (Å²) >= 11 is 1.31. The summed E-state index contributed by atoms with van der Waals surface area (Å²) in [6.45, 7) is 3.00. The summed E-state index contributed by atoms with van der Waals surface area (Å²) in [5.41, 5.74) is -0.975. The number of ether oxygens (including phenoxy) is 1. The highest BCUT2D eigenvalue weighted by molar-refractivity contribution is 7.16. The molecular weight excluding hydrogens is 537 g/mol. The van der Waals surface area contributed by atoms with Crippen molar-refractivity contribution in [2.24, 2.45) is 0 Å². The quantitative estimate of drug-likeness (QED) is 0.366. The number of amides is 1. The van der Waals surface area contributed by atoms with Crippen LogP contribution in [0.1, 0.15) is 51.1 Å². The number of halogens is 5. The van der Waals surface area contributed by atoms with Crippen molar-refractivity contribution < 1.29 is 36.3 Å². The van der Waals surface area contributed by atoms with Gasteiger partial charge < -0.3 is 10.1 Å². The fourth-order valence-electron chi connectivity index (χ4n) is 4.76. The first-order valence-electron chi connectivity index (χ1n) is 12.0. The maximum atomic E-state index is 14.4. The molecule has 1 saturated heterocycles. The highest BCUT2D eigenvalue weighted by Gasteiger charge is 2.47. The number of carbonyl (C=O) groups excluding carboxylic acids is 2. The highest BCUT2D eigenvalue weighted by Crippen LogP contribution is 2.35. The molecule has 9 nitrogen and oxygen atoms in total. The molecule has 2 unspecified atom stereocenters. The minimum absolute atomic E-state index is 0.00974. The van der Waals surface area contributed by atoms with Crippen LogP contribution in [-0.2, 0) is 14.3 Å². The Hall–Kier alpha value is -3.07. The van der Waals surface area contributed by atoms with Crippen LogP contribution in [0.2, 0.25) is 0 Å². The van der Waals surface area contributed by atoms with Gasteiger partial charge in [-0.3, -0.25) is 18.9 Å². The third-order valence-electron chi connectivity index (χ3n) is 6.53. The SMILES string of the molecule is CC(C)c1nn(C(OC(=O)C(F)(F)F)C(=O)NC2CN(C3CC3)CC(F)(F)C2)c(=O)c2cc3ccsc3n12. The molecule has 0 bridgehead atoms. The van der Waals surface area contributed by atoms with E-state index in [-0.39, 0.29) is 29.8 Å². The van der Waals surface area contributed by atoms with E-state index in [0.29, 0.717) is 14.9 Å². The number of hydrogen-bond acceptors (Lipinski definition) is 7. The number of alkyl halides is 5. The second-order valence-electron chi connectivity index (χ2n) is 9.99. The largest absolute Gasteiger partial charge is 0.491 e. The van der Waals surface area contributed by atoms with Gasteiger partial charge in [0, 0.05) is 36.4 Å². The number of thiophene rings is 1. The smallest absolute Gasteiger partial charge is 0.423 e. The van der Waals surface area contributed by atoms with E-state index in [1.807, 2.05) is 0 Å². The Bertz CT molecular complexity index is 1460. The van der Waals surface area contributed by atoms with Crippen LogP contribution in [0.25, 0.3) is 15.7 Å². The molecule has 5 rings (SSSR count). The number of esters is 1. The predicted octanol–water partition coefficient (Wildman–Crippen LogP) is 3.43. The monoisotopic (exact) mass is 561 g/mol. The highest BCUT2D eigenvalue weighted by atomic mass is 32.1. The lowest BCUT2D eigenvalue weighted by atomic mass is 10.0. The number of likely N-dealkylation sites (tertiary alicyclic amines) is 1. The Morgan fingerprint density at radius 2 is 1.97 bits per heavy atom. The van der Waals surface area contributed by atoms with E-state index in [2.05, 4.69) is 15.2 Å². The number of carbonyl (C=O) groups is 2. The number of rotatable bonds is 6. The average molecular weight is 562 g/mol. The lowest BCUT2D eigenvalue weighted by Gasteiger charge is -2.38. The van der Waals surface area contributed by atoms with Crippen molar-refractivity contribution in [1.29, 1.82) is 0 Å². The summed E-state index contributed by atoms with van der Waals surface area (Å²) in [5, 5.41) is 8.88. The molecule has 1 amide bonds. The van der Waals surface area contributed by atoms with Crippen LogP contribution in [-0.4, -0.2) is 68.2 Å². The van der Waals surface area contributed by atoms with Crippen molar-refractivity contribution >= 4 is 38.9 Å². The van der Waals surface area contributed by atoms with Crippen molar-refractivity contribution in [2.45, 2.75) is 69.4 Å². The summed E-state index contributed by atoms with van der Waals surface area (Å²) in [4.78, 5) is 40.6. The van der Waals surface area contributed by atoms with Crippen LogP contribution < -0.4 is 10.9 Å². The summed E-state index contributed by atoms with van der Waals surface area (Å²) in [6.07, 6.45) is -7.25. The van der Waals surface area contributed by atoms with Crippen LogP contribution in [0.4, 0.5) is 22.0 Å². The third-order valence-corrected chi connectivity index (χ3v) is 7.45. The van der Waals surface area contributed by atoms with Crippen molar-refractivity contribution in [3.05, 3.63) is 33.7 Å². The molecule has 3 aromatic rings. The van der Waals surface area contributed by atoms with Crippen LogP contribution in [0.3, 0.4) is 0 Å². The van der Waals surface area contributed by atoms with Gasteiger partial charge >= 0.3 is 12.1 Å². The zero-order chi connectivity index (χ0) is 27.6. The van der Waals surface area contributed by atoms with E-state index in [1.54, 1.807) is 29.7 Å². The van der Waals surface area contributed by atoms with Crippen LogP contribution >= 0.6 is 11.3 Å². The molecule has 0 spiro atoms. The summed E-state index contributed by atoms with van der Waals surface area (Å²) in [6, 6.07) is 2.03. The Morgan fingerprint density at radius 1 is 1.26 bits per heavy atom. The van der Waals surface area contributed by atoms with Gasteiger partial charge in [-0.25, -0.2) is 13.6 Å². The van der Waals surface area contributed by atoms with Crippen LogP contribution in [0, 0.1) is 0 Å². The van der Waals surface area contributed by atoms with Gasteiger partial charge in [-0.05, 0) is 30.4 Å². The standard InChI is InChI=1S/C23H24F5N5O4S/c1-11(2)16-30-33(18(35)15-7-12-5-6-38-20(12)32(15)16)19(37-21(36)23(26,27)28)17(34)29-13-8-22(24,25)10-31(9-13)14-3-4-14/h5-7,11,13-14,19H,3-4,8-10H2,1-2H3,(H,29,34). The molecule has 206 valence electrons. The maximum absolute atomic E-state index is 14.4. The Morgan fingerprint density at radius 3 is 2.61 bits per heavy atom. The molecular formula is C23H24F5N5O4S. The second kappa shape index (κ2) is 9.29. The lowest BCUT2D eigenvalue weighted by molar-refractivity contribution is -0.210. The van der Waals surface area contributed by atoms with Gasteiger partial charge in [0.25, 0.3) is 23.6 Å². The molecule has 1 saturated carbocycles. The van der Waals surface area contributed by atoms with Gasteiger partial charge in [-0.2, -0.15) is 23.0 Å². The lowest BCUT2D eigenvalue weighted by Crippen LogP contribution is -2.57. The first-order chi connectivity index (χ1) is 17.7. The number of aromatic nitrogens is 3. The Balaban J connectivity index is 1.55. The number of piperidine rings is 1. The average Bonchev–Trinajstić information content (AvgIpc) is 3.45. The van der Waals surface area contributed by atoms with E-state index in [1.165, 1.54) is 22.3 Å². The number of nitrogens with one attached hydrogen (secondary N) is 1. The number of fused-ring (bicyclic) bond motifs is 3. The third kappa shape index (κ3) is 5.00. The summed E-state index contributed by atoms with van der Waals surface area (Å²) < 4.78 is 74.6. The molecule has 2 atom stereocenters. The first-order valence-corrected chi connectivity index (χ1v) is 12.8. The van der Waals surface area contributed by atoms with E-state index in [0.717, 1.165) is 12.8 Å². The summed E-state index contributed by atoms with van der Waals surface area (Å²) in [5.74, 6) is -7.37. The van der Waals surface area contributed by atoms with Gasteiger partial charge in [0.15, 0.2) is 0 Å². The van der Waals surface area contributed by atoms with Crippen molar-refractivity contribution in [2.75, 3.05) is 13.1 Å². The van der Waals surface area contributed by atoms with Gasteiger partial charge in [0.2, 0.25) is 0 Å². The van der Waals surface area contributed by atoms with E-state index in [4.69, 9.17) is 0 Å². The number of hydrogen-bond donors (Lipinski definition) is 1. The molecule has 2 fully saturated rings. The second-order valence-corrected chi connectivity index (χ2v) is 10.9. The molecule has 38 heavy (non-hydrogen) atoms. The maximum Gasteiger partial charge on any atom is 0.491 e. The minimum atomic E-state index is -5.48. The van der Waals surface area contributed by atoms with Gasteiger partial charge in [-0.1, -0.05) is 13.8 Å². The fraction of sp³-hybridized carbons (Fsp3) is 0.565. The zero-order valence-electron chi connectivity index (χ0n) is 20.3. The van der Waals surface area contributed by atoms with E-state index >= 15 is 0 Å². The van der Waals surface area contributed by atoms with E-state index in [9.17, 15) is 36.3 Å². The summed E-state index contributed by atoms with van der Waals surface area (Å²) in [7, 11) is 0. The minimum Gasteiger partial charge on any atom is -0.423 e. The molecule has 3 aromatic heterocycles. The van der Waals surface area contributed by atoms with Gasteiger partial charge in [0.1, 0.15) is 16.2 Å². The van der Waals surface area contributed by atoms with Crippen LogP contribution in [0.5, 0.6) is 0 Å². The topological polar surface area (TPSA) is 97.9 Å². The van der Waals surface area contributed by atoms with Crippen molar-refractivity contribution in [3.8, 4) is 0 Å². The van der Waals surface area contributed by atoms with Gasteiger partial charge in [-0.15, -0.1) is 11.3 Å². The van der Waals surface area contributed by atoms with E-state index < -0.39 is 54.8 Å². The molecule has 0 aromatic carbocycles. The number of nitrogens with zero attached hydrogens (tertiary/aromatic N) is 4. The Labute approximate surface area is 216 Å². The zero-order valence-corrected chi connectivity index (χ0v) is 21.1.